The average molecular weight is 435 g/mol. The van der Waals surface area contributed by atoms with Crippen LogP contribution in [0.5, 0.6) is 17.2 Å². The lowest BCUT2D eigenvalue weighted by Crippen LogP contribution is -2.46. The summed E-state index contributed by atoms with van der Waals surface area (Å²) in [7, 11) is 0.925. The molecule has 0 atom stereocenters. The second-order valence-electron chi connectivity index (χ2n) is 6.91. The van der Waals surface area contributed by atoms with E-state index in [4.69, 9.17) is 14.2 Å². The number of benzene rings is 2. The zero-order valence-electron chi connectivity index (χ0n) is 17.3. The van der Waals surface area contributed by atoms with Gasteiger partial charge < -0.3 is 19.1 Å². The van der Waals surface area contributed by atoms with Gasteiger partial charge in [-0.15, -0.1) is 0 Å². The fraction of sp³-hybridized carbons (Fsp3) is 0.381. The van der Waals surface area contributed by atoms with E-state index in [2.05, 4.69) is 4.72 Å². The summed E-state index contributed by atoms with van der Waals surface area (Å²) >= 11 is 0. The van der Waals surface area contributed by atoms with Crippen molar-refractivity contribution in [3.8, 4) is 17.2 Å². The number of carbonyl (C=O) groups is 1. The molecule has 0 bridgehead atoms. The molecule has 0 unspecified atom stereocenters. The fourth-order valence-electron chi connectivity index (χ4n) is 3.45. The molecule has 1 aliphatic rings. The molecule has 1 fully saturated rings. The van der Waals surface area contributed by atoms with E-state index in [1.54, 1.807) is 47.4 Å². The summed E-state index contributed by atoms with van der Waals surface area (Å²) < 4.78 is 43.7. The van der Waals surface area contributed by atoms with Crippen LogP contribution < -0.4 is 18.9 Å². The Balaban J connectivity index is 1.69. The summed E-state index contributed by atoms with van der Waals surface area (Å²) in [5.41, 5.74) is 0.374. The molecule has 1 saturated heterocycles. The number of amides is 1. The molecule has 0 spiro atoms. The van der Waals surface area contributed by atoms with E-state index in [0.717, 1.165) is 0 Å². The van der Waals surface area contributed by atoms with Crippen molar-refractivity contribution < 1.29 is 27.4 Å². The molecular formula is C21H26N2O6S. The maximum atomic E-state index is 13.1. The quantitative estimate of drug-likeness (QED) is 0.719. The van der Waals surface area contributed by atoms with Gasteiger partial charge in [0.15, 0.2) is 11.5 Å². The Kier molecular flexibility index (Phi) is 6.84. The van der Waals surface area contributed by atoms with Crippen molar-refractivity contribution in [3.63, 3.8) is 0 Å². The SMILES string of the molecule is COc1cc(OC)c(C(=O)N2CCC(NS(=O)(=O)c3ccccc3)CC2)cc1OC. The number of nitrogens with zero attached hydrogens (tertiary/aromatic N) is 1. The molecule has 0 aliphatic carbocycles. The van der Waals surface area contributed by atoms with Crippen LogP contribution >= 0.6 is 0 Å². The Morgan fingerprint density at radius 2 is 1.50 bits per heavy atom. The first-order valence-corrected chi connectivity index (χ1v) is 11.0. The van der Waals surface area contributed by atoms with Crippen LogP contribution in [0.25, 0.3) is 0 Å². The van der Waals surface area contributed by atoms with Gasteiger partial charge in [-0.3, -0.25) is 4.79 Å². The van der Waals surface area contributed by atoms with Gasteiger partial charge in [0.1, 0.15) is 5.75 Å². The van der Waals surface area contributed by atoms with E-state index in [1.807, 2.05) is 0 Å². The lowest BCUT2D eigenvalue weighted by atomic mass is 10.0. The molecule has 0 saturated carbocycles. The highest BCUT2D eigenvalue weighted by molar-refractivity contribution is 7.89. The van der Waals surface area contributed by atoms with Crippen LogP contribution in [0.3, 0.4) is 0 Å². The first-order chi connectivity index (χ1) is 14.4. The van der Waals surface area contributed by atoms with E-state index in [9.17, 15) is 13.2 Å². The third kappa shape index (κ3) is 4.68. The van der Waals surface area contributed by atoms with Crippen molar-refractivity contribution in [2.45, 2.75) is 23.8 Å². The monoisotopic (exact) mass is 434 g/mol. The summed E-state index contributed by atoms with van der Waals surface area (Å²) in [6, 6.07) is 11.3. The van der Waals surface area contributed by atoms with Gasteiger partial charge in [-0.05, 0) is 25.0 Å². The van der Waals surface area contributed by atoms with Gasteiger partial charge in [-0.1, -0.05) is 18.2 Å². The maximum Gasteiger partial charge on any atom is 0.257 e. The molecule has 8 nitrogen and oxygen atoms in total. The van der Waals surface area contributed by atoms with E-state index in [0.29, 0.717) is 48.7 Å². The van der Waals surface area contributed by atoms with Gasteiger partial charge in [0.25, 0.3) is 5.91 Å². The first kappa shape index (κ1) is 21.9. The van der Waals surface area contributed by atoms with Crippen molar-refractivity contribution in [1.29, 1.82) is 0 Å². The highest BCUT2D eigenvalue weighted by atomic mass is 32.2. The third-order valence-corrected chi connectivity index (χ3v) is 6.63. The zero-order valence-corrected chi connectivity index (χ0v) is 18.1. The minimum Gasteiger partial charge on any atom is -0.496 e. The van der Waals surface area contributed by atoms with E-state index in [-0.39, 0.29) is 16.8 Å². The molecule has 162 valence electrons. The van der Waals surface area contributed by atoms with Crippen LogP contribution in [0, 0.1) is 0 Å². The van der Waals surface area contributed by atoms with Crippen LogP contribution in [0.1, 0.15) is 23.2 Å². The molecule has 0 aromatic heterocycles. The minimum absolute atomic E-state index is 0.197. The number of rotatable bonds is 7. The standard InChI is InChI=1S/C21H26N2O6S/c1-27-18-14-20(29-3)19(28-2)13-17(18)21(24)23-11-9-15(10-12-23)22-30(25,26)16-7-5-4-6-8-16/h4-8,13-15,22H,9-12H2,1-3H3. The molecule has 1 amide bonds. The molecule has 1 heterocycles. The smallest absolute Gasteiger partial charge is 0.257 e. The highest BCUT2D eigenvalue weighted by Gasteiger charge is 2.29. The van der Waals surface area contributed by atoms with Gasteiger partial charge in [0.2, 0.25) is 10.0 Å². The van der Waals surface area contributed by atoms with Crippen molar-refractivity contribution in [2.75, 3.05) is 34.4 Å². The number of hydrogen-bond donors (Lipinski definition) is 1. The van der Waals surface area contributed by atoms with Crippen LogP contribution in [0.2, 0.25) is 0 Å². The number of methoxy groups -OCH3 is 3. The lowest BCUT2D eigenvalue weighted by molar-refractivity contribution is 0.0707. The fourth-order valence-corrected chi connectivity index (χ4v) is 4.78. The van der Waals surface area contributed by atoms with Crippen LogP contribution in [0.4, 0.5) is 0 Å². The number of likely N-dealkylation sites (tertiary alicyclic amines) is 1. The number of nitrogens with one attached hydrogen (secondary N) is 1. The number of sulfonamides is 1. The normalized spacial score (nSPS) is 15.0. The third-order valence-electron chi connectivity index (χ3n) is 5.09. The van der Waals surface area contributed by atoms with Crippen molar-refractivity contribution in [2.24, 2.45) is 0 Å². The summed E-state index contributed by atoms with van der Waals surface area (Å²) in [6.07, 6.45) is 1.04. The number of ether oxygens (including phenoxy) is 3. The first-order valence-electron chi connectivity index (χ1n) is 9.56. The lowest BCUT2D eigenvalue weighted by Gasteiger charge is -2.32. The Bertz CT molecular complexity index is 986. The molecule has 0 radical (unpaired) electrons. The highest BCUT2D eigenvalue weighted by Crippen LogP contribution is 2.35. The number of carbonyl (C=O) groups excluding carboxylic acids is 1. The van der Waals surface area contributed by atoms with Gasteiger partial charge in [0.05, 0.1) is 31.8 Å². The Hall–Kier alpha value is -2.78. The van der Waals surface area contributed by atoms with Crippen molar-refractivity contribution >= 4 is 15.9 Å². The van der Waals surface area contributed by atoms with Gasteiger partial charge >= 0.3 is 0 Å². The van der Waals surface area contributed by atoms with Crippen molar-refractivity contribution in [3.05, 3.63) is 48.0 Å². The number of piperidine rings is 1. The predicted molar refractivity (Wildman–Crippen MR) is 112 cm³/mol. The molecule has 1 aliphatic heterocycles. The topological polar surface area (TPSA) is 94.2 Å². The van der Waals surface area contributed by atoms with E-state index >= 15 is 0 Å². The largest absolute Gasteiger partial charge is 0.496 e. The van der Waals surface area contributed by atoms with E-state index in [1.165, 1.54) is 21.3 Å². The van der Waals surface area contributed by atoms with Crippen molar-refractivity contribution in [1.82, 2.24) is 9.62 Å². The molecule has 2 aromatic rings. The summed E-state index contributed by atoms with van der Waals surface area (Å²) in [6.45, 7) is 0.858. The summed E-state index contributed by atoms with van der Waals surface area (Å²) in [4.78, 5) is 15.0. The van der Waals surface area contributed by atoms with Gasteiger partial charge in [-0.2, -0.15) is 0 Å². The molecular weight excluding hydrogens is 408 g/mol. The Morgan fingerprint density at radius 3 is 2.07 bits per heavy atom. The van der Waals surface area contributed by atoms with Gasteiger partial charge in [-0.25, -0.2) is 13.1 Å². The minimum atomic E-state index is -3.58. The molecule has 9 heteroatoms. The molecule has 30 heavy (non-hydrogen) atoms. The zero-order chi connectivity index (χ0) is 21.7. The summed E-state index contributed by atoms with van der Waals surface area (Å²) in [5.74, 6) is 1.11. The van der Waals surface area contributed by atoms with Crippen LogP contribution in [0.15, 0.2) is 47.4 Å². The predicted octanol–water partition coefficient (Wildman–Crippen LogP) is 2.30. The Morgan fingerprint density at radius 1 is 0.933 bits per heavy atom. The molecule has 1 N–H and O–H groups in total. The maximum absolute atomic E-state index is 13.1. The summed E-state index contributed by atoms with van der Waals surface area (Å²) in [5, 5.41) is 0. The number of hydrogen-bond acceptors (Lipinski definition) is 6. The average Bonchev–Trinajstić information content (AvgIpc) is 2.78. The Labute approximate surface area is 176 Å². The molecule has 2 aromatic carbocycles. The van der Waals surface area contributed by atoms with Gasteiger partial charge in [0, 0.05) is 31.3 Å². The van der Waals surface area contributed by atoms with E-state index < -0.39 is 10.0 Å². The molecule has 3 rings (SSSR count). The van der Waals surface area contributed by atoms with Crippen LogP contribution in [-0.4, -0.2) is 59.7 Å². The van der Waals surface area contributed by atoms with Crippen LogP contribution in [-0.2, 0) is 10.0 Å². The second kappa shape index (κ2) is 9.36. The second-order valence-corrected chi connectivity index (χ2v) is 8.62.